The Morgan fingerprint density at radius 2 is 1.85 bits per heavy atom. The van der Waals surface area contributed by atoms with Crippen LogP contribution in [0.2, 0.25) is 0 Å². The van der Waals surface area contributed by atoms with E-state index in [1.807, 2.05) is 0 Å². The van der Waals surface area contributed by atoms with Crippen molar-refractivity contribution in [2.75, 3.05) is 23.3 Å². The number of rotatable bonds is 5. The number of carbonyl (C=O) groups is 1. The van der Waals surface area contributed by atoms with Crippen molar-refractivity contribution < 1.29 is 22.3 Å². The number of methoxy groups -OCH3 is 1. The van der Waals surface area contributed by atoms with Crippen LogP contribution in [0, 0.1) is 5.82 Å². The van der Waals surface area contributed by atoms with Gasteiger partial charge in [-0.3, -0.25) is 9.52 Å². The fourth-order valence-corrected chi connectivity index (χ4v) is 4.10. The molecule has 0 aliphatic carbocycles. The zero-order valence-electron chi connectivity index (χ0n) is 14.2. The molecule has 138 valence electrons. The number of hydrogen-bond acceptors (Lipinski definition) is 4. The first-order valence-electron chi connectivity index (χ1n) is 8.17. The lowest BCUT2D eigenvalue weighted by molar-refractivity contribution is -0.119. The molecular formula is C18H19FN2O4S. The van der Waals surface area contributed by atoms with E-state index in [2.05, 4.69) is 4.72 Å². The van der Waals surface area contributed by atoms with E-state index < -0.39 is 15.8 Å². The van der Waals surface area contributed by atoms with Crippen molar-refractivity contribution in [3.63, 3.8) is 0 Å². The van der Waals surface area contributed by atoms with Crippen molar-refractivity contribution in [1.82, 2.24) is 0 Å². The Labute approximate surface area is 151 Å². The number of carbonyl (C=O) groups excluding carboxylic acids is 1. The van der Waals surface area contributed by atoms with Gasteiger partial charge < -0.3 is 9.64 Å². The number of halogens is 1. The number of nitrogens with one attached hydrogen (secondary N) is 1. The first kappa shape index (κ1) is 18.2. The summed E-state index contributed by atoms with van der Waals surface area (Å²) < 4.78 is 46.0. The van der Waals surface area contributed by atoms with Crippen LogP contribution in [0.5, 0.6) is 5.75 Å². The molecular weight excluding hydrogens is 359 g/mol. The summed E-state index contributed by atoms with van der Waals surface area (Å²) in [5, 5.41) is 0. The SMILES string of the molecule is COc1ccc(F)cc1S(=O)(=O)Nc1ccc(N2CCCCC2=O)cc1. The van der Waals surface area contributed by atoms with Crippen molar-refractivity contribution in [3.8, 4) is 5.75 Å². The van der Waals surface area contributed by atoms with E-state index in [1.54, 1.807) is 29.2 Å². The number of nitrogens with zero attached hydrogens (tertiary/aromatic N) is 1. The fourth-order valence-electron chi connectivity index (χ4n) is 2.86. The standard InChI is InChI=1S/C18H19FN2O4S/c1-25-16-10-5-13(19)12-17(16)26(23,24)20-14-6-8-15(9-7-14)21-11-3-2-4-18(21)22/h5-10,12,20H,2-4,11H2,1H3. The van der Waals surface area contributed by atoms with Crippen LogP contribution in [0.15, 0.2) is 47.4 Å². The Bertz CT molecular complexity index is 913. The lowest BCUT2D eigenvalue weighted by Gasteiger charge is -2.26. The van der Waals surface area contributed by atoms with E-state index >= 15 is 0 Å². The van der Waals surface area contributed by atoms with E-state index in [-0.39, 0.29) is 16.6 Å². The lowest BCUT2D eigenvalue weighted by atomic mass is 10.1. The molecule has 6 nitrogen and oxygen atoms in total. The summed E-state index contributed by atoms with van der Waals surface area (Å²) in [6.07, 6.45) is 2.36. The fraction of sp³-hybridized carbons (Fsp3) is 0.278. The summed E-state index contributed by atoms with van der Waals surface area (Å²) in [5.41, 5.74) is 1.03. The molecule has 1 heterocycles. The van der Waals surface area contributed by atoms with Gasteiger partial charge in [0, 0.05) is 24.3 Å². The second-order valence-electron chi connectivity index (χ2n) is 5.95. The Morgan fingerprint density at radius 3 is 2.50 bits per heavy atom. The minimum Gasteiger partial charge on any atom is -0.495 e. The largest absolute Gasteiger partial charge is 0.495 e. The van der Waals surface area contributed by atoms with E-state index in [4.69, 9.17) is 4.74 Å². The van der Waals surface area contributed by atoms with Gasteiger partial charge in [-0.2, -0.15) is 0 Å². The summed E-state index contributed by atoms with van der Waals surface area (Å²) >= 11 is 0. The van der Waals surface area contributed by atoms with Gasteiger partial charge in [0.1, 0.15) is 16.5 Å². The first-order valence-corrected chi connectivity index (χ1v) is 9.66. The first-order chi connectivity index (χ1) is 12.4. The molecule has 1 amide bonds. The number of sulfonamides is 1. The van der Waals surface area contributed by atoms with Gasteiger partial charge in [0.15, 0.2) is 0 Å². The van der Waals surface area contributed by atoms with Gasteiger partial charge in [0.05, 0.1) is 7.11 Å². The Hall–Kier alpha value is -2.61. The molecule has 2 aromatic carbocycles. The van der Waals surface area contributed by atoms with Crippen molar-refractivity contribution >= 4 is 27.3 Å². The molecule has 0 unspecified atom stereocenters. The molecule has 2 aromatic rings. The predicted octanol–water partition coefficient (Wildman–Crippen LogP) is 3.15. The highest BCUT2D eigenvalue weighted by atomic mass is 32.2. The second-order valence-corrected chi connectivity index (χ2v) is 7.60. The zero-order valence-corrected chi connectivity index (χ0v) is 15.1. The summed E-state index contributed by atoms with van der Waals surface area (Å²) in [7, 11) is -2.71. The number of ether oxygens (including phenoxy) is 1. The van der Waals surface area contributed by atoms with Crippen LogP contribution in [0.3, 0.4) is 0 Å². The Kier molecular flexibility index (Phi) is 5.13. The lowest BCUT2D eigenvalue weighted by Crippen LogP contribution is -2.35. The van der Waals surface area contributed by atoms with Crippen LogP contribution in [0.1, 0.15) is 19.3 Å². The van der Waals surface area contributed by atoms with Crippen LogP contribution in [-0.2, 0) is 14.8 Å². The van der Waals surface area contributed by atoms with Gasteiger partial charge in [0.25, 0.3) is 10.0 Å². The highest BCUT2D eigenvalue weighted by Crippen LogP contribution is 2.28. The Balaban J connectivity index is 1.82. The predicted molar refractivity (Wildman–Crippen MR) is 96.4 cm³/mol. The third kappa shape index (κ3) is 3.80. The summed E-state index contributed by atoms with van der Waals surface area (Å²) in [6, 6.07) is 9.80. The normalized spacial score (nSPS) is 15.0. The number of hydrogen-bond donors (Lipinski definition) is 1. The maximum atomic E-state index is 13.5. The van der Waals surface area contributed by atoms with Gasteiger partial charge >= 0.3 is 0 Å². The summed E-state index contributed by atoms with van der Waals surface area (Å²) in [6.45, 7) is 0.657. The maximum absolute atomic E-state index is 13.5. The number of amides is 1. The molecule has 1 N–H and O–H groups in total. The average molecular weight is 378 g/mol. The molecule has 0 saturated carbocycles. The maximum Gasteiger partial charge on any atom is 0.265 e. The average Bonchev–Trinajstić information content (AvgIpc) is 2.63. The summed E-state index contributed by atoms with van der Waals surface area (Å²) in [4.78, 5) is 13.4. The van der Waals surface area contributed by atoms with Gasteiger partial charge in [-0.15, -0.1) is 0 Å². The minimum atomic E-state index is -4.02. The molecule has 0 spiro atoms. The minimum absolute atomic E-state index is 0.0504. The van der Waals surface area contributed by atoms with E-state index in [1.165, 1.54) is 13.2 Å². The van der Waals surface area contributed by atoms with Gasteiger partial charge in [0.2, 0.25) is 5.91 Å². The molecule has 1 fully saturated rings. The van der Waals surface area contributed by atoms with Crippen molar-refractivity contribution in [3.05, 3.63) is 48.3 Å². The van der Waals surface area contributed by atoms with Gasteiger partial charge in [-0.05, 0) is 55.3 Å². The van der Waals surface area contributed by atoms with Crippen LogP contribution in [-0.4, -0.2) is 28.0 Å². The molecule has 1 saturated heterocycles. The molecule has 8 heteroatoms. The number of piperidine rings is 1. The Morgan fingerprint density at radius 1 is 1.12 bits per heavy atom. The van der Waals surface area contributed by atoms with Gasteiger partial charge in [-0.1, -0.05) is 0 Å². The topological polar surface area (TPSA) is 75.7 Å². The summed E-state index contributed by atoms with van der Waals surface area (Å²) in [5.74, 6) is -0.561. The molecule has 0 aromatic heterocycles. The van der Waals surface area contributed by atoms with Crippen LogP contribution < -0.4 is 14.4 Å². The monoisotopic (exact) mass is 378 g/mol. The molecule has 1 aliphatic heterocycles. The van der Waals surface area contributed by atoms with E-state index in [0.717, 1.165) is 30.7 Å². The second kappa shape index (κ2) is 7.33. The molecule has 0 bridgehead atoms. The quantitative estimate of drug-likeness (QED) is 0.867. The number of benzene rings is 2. The molecule has 0 atom stereocenters. The zero-order chi connectivity index (χ0) is 18.7. The van der Waals surface area contributed by atoms with Crippen molar-refractivity contribution in [2.24, 2.45) is 0 Å². The highest BCUT2D eigenvalue weighted by molar-refractivity contribution is 7.92. The number of anilines is 2. The van der Waals surface area contributed by atoms with Crippen LogP contribution in [0.4, 0.5) is 15.8 Å². The van der Waals surface area contributed by atoms with Crippen molar-refractivity contribution in [2.45, 2.75) is 24.2 Å². The van der Waals surface area contributed by atoms with Crippen molar-refractivity contribution in [1.29, 1.82) is 0 Å². The highest BCUT2D eigenvalue weighted by Gasteiger charge is 2.22. The van der Waals surface area contributed by atoms with Crippen LogP contribution in [0.25, 0.3) is 0 Å². The van der Waals surface area contributed by atoms with Crippen LogP contribution >= 0.6 is 0 Å². The molecule has 26 heavy (non-hydrogen) atoms. The van der Waals surface area contributed by atoms with Gasteiger partial charge in [-0.25, -0.2) is 12.8 Å². The van der Waals surface area contributed by atoms with E-state index in [0.29, 0.717) is 18.7 Å². The molecule has 3 rings (SSSR count). The smallest absolute Gasteiger partial charge is 0.265 e. The molecule has 0 radical (unpaired) electrons. The third-order valence-corrected chi connectivity index (χ3v) is 5.57. The third-order valence-electron chi connectivity index (χ3n) is 4.17. The van der Waals surface area contributed by atoms with E-state index in [9.17, 15) is 17.6 Å². The molecule has 1 aliphatic rings.